The second-order valence-corrected chi connectivity index (χ2v) is 5.08. The highest BCUT2D eigenvalue weighted by molar-refractivity contribution is 8.13. The molecule has 0 radical (unpaired) electrons. The molecule has 0 fully saturated rings. The monoisotopic (exact) mass is 235 g/mol. The summed E-state index contributed by atoms with van der Waals surface area (Å²) in [6, 6.07) is 4.48. The third-order valence-electron chi connectivity index (χ3n) is 1.49. The zero-order valence-corrected chi connectivity index (χ0v) is 8.79. The second-order valence-electron chi connectivity index (χ2n) is 2.31. The van der Waals surface area contributed by atoms with Gasteiger partial charge >= 0.3 is 0 Å². The van der Waals surface area contributed by atoms with Gasteiger partial charge in [-0.1, -0.05) is 24.4 Å². The molecule has 0 saturated carbocycles. The lowest BCUT2D eigenvalue weighted by molar-refractivity contribution is 0.610. The minimum atomic E-state index is -3.79. The standard InChI is InChI=1S/C7H6ClNO2S2/c8-13(10,11)6-3-1-2-5(4-12)7(6)9/h1-4H,9H2. The Labute approximate surface area is 85.9 Å². The van der Waals surface area contributed by atoms with Crippen LogP contribution < -0.4 is 5.73 Å². The van der Waals surface area contributed by atoms with E-state index in [0.717, 1.165) is 0 Å². The van der Waals surface area contributed by atoms with Crippen LogP contribution >= 0.6 is 22.9 Å². The van der Waals surface area contributed by atoms with Crippen molar-refractivity contribution in [1.29, 1.82) is 0 Å². The van der Waals surface area contributed by atoms with Gasteiger partial charge in [-0.15, -0.1) is 0 Å². The summed E-state index contributed by atoms with van der Waals surface area (Å²) in [5.41, 5.74) is 6.09. The van der Waals surface area contributed by atoms with Gasteiger partial charge < -0.3 is 5.73 Å². The van der Waals surface area contributed by atoms with E-state index in [0.29, 0.717) is 5.56 Å². The van der Waals surface area contributed by atoms with E-state index in [1.54, 1.807) is 6.07 Å². The Balaban J connectivity index is 3.50. The summed E-state index contributed by atoms with van der Waals surface area (Å²) < 4.78 is 21.9. The molecule has 0 aliphatic heterocycles. The summed E-state index contributed by atoms with van der Waals surface area (Å²) in [7, 11) is 1.35. The number of benzene rings is 1. The minimum Gasteiger partial charge on any atom is -0.397 e. The second kappa shape index (κ2) is 3.61. The van der Waals surface area contributed by atoms with Crippen molar-refractivity contribution >= 4 is 43.0 Å². The molecular weight excluding hydrogens is 230 g/mol. The average molecular weight is 236 g/mol. The molecule has 0 heterocycles. The number of hydrogen-bond acceptors (Lipinski definition) is 4. The van der Waals surface area contributed by atoms with E-state index in [1.165, 1.54) is 17.5 Å². The summed E-state index contributed by atoms with van der Waals surface area (Å²) >= 11 is 4.65. The first-order valence-corrected chi connectivity index (χ1v) is 6.03. The number of anilines is 1. The maximum absolute atomic E-state index is 11.0. The molecule has 0 spiro atoms. The summed E-state index contributed by atoms with van der Waals surface area (Å²) in [6.07, 6.45) is 0. The van der Waals surface area contributed by atoms with Crippen molar-refractivity contribution in [3.8, 4) is 0 Å². The van der Waals surface area contributed by atoms with Crippen molar-refractivity contribution < 1.29 is 8.42 Å². The van der Waals surface area contributed by atoms with E-state index in [4.69, 9.17) is 16.4 Å². The van der Waals surface area contributed by atoms with Gasteiger partial charge in [0, 0.05) is 21.6 Å². The zero-order valence-electron chi connectivity index (χ0n) is 6.40. The van der Waals surface area contributed by atoms with Gasteiger partial charge in [0.15, 0.2) is 0 Å². The summed E-state index contributed by atoms with van der Waals surface area (Å²) in [5, 5.41) is 1.31. The van der Waals surface area contributed by atoms with Crippen molar-refractivity contribution in [1.82, 2.24) is 0 Å². The number of halogens is 1. The van der Waals surface area contributed by atoms with Crippen molar-refractivity contribution in [3.63, 3.8) is 0 Å². The van der Waals surface area contributed by atoms with Crippen LogP contribution in [0.5, 0.6) is 0 Å². The molecule has 2 N–H and O–H groups in total. The lowest BCUT2D eigenvalue weighted by atomic mass is 10.2. The Morgan fingerprint density at radius 3 is 2.54 bits per heavy atom. The van der Waals surface area contributed by atoms with E-state index in [9.17, 15) is 8.42 Å². The molecular formula is C7H6ClNO2S2. The van der Waals surface area contributed by atoms with Gasteiger partial charge in [0.25, 0.3) is 9.05 Å². The average Bonchev–Trinajstić information content (AvgIpc) is 2.02. The third-order valence-corrected chi connectivity index (χ3v) is 3.12. The molecule has 0 aromatic heterocycles. The van der Waals surface area contributed by atoms with Crippen molar-refractivity contribution in [2.45, 2.75) is 4.90 Å². The topological polar surface area (TPSA) is 60.2 Å². The predicted molar refractivity (Wildman–Crippen MR) is 56.7 cm³/mol. The molecule has 0 atom stereocenters. The van der Waals surface area contributed by atoms with Crippen LogP contribution in [0.15, 0.2) is 23.1 Å². The predicted octanol–water partition coefficient (Wildman–Crippen LogP) is 1.54. The molecule has 0 aliphatic rings. The fourth-order valence-corrected chi connectivity index (χ4v) is 2.11. The maximum Gasteiger partial charge on any atom is 0.263 e. The highest BCUT2D eigenvalue weighted by Crippen LogP contribution is 2.24. The zero-order chi connectivity index (χ0) is 10.1. The first-order chi connectivity index (χ1) is 5.96. The van der Waals surface area contributed by atoms with E-state index in [-0.39, 0.29) is 10.6 Å². The molecule has 70 valence electrons. The number of nitrogen functional groups attached to an aromatic ring is 1. The van der Waals surface area contributed by atoms with E-state index in [2.05, 4.69) is 12.2 Å². The third kappa shape index (κ3) is 2.18. The lowest BCUT2D eigenvalue weighted by Crippen LogP contribution is -2.01. The normalized spacial score (nSPS) is 11.2. The largest absolute Gasteiger partial charge is 0.397 e. The van der Waals surface area contributed by atoms with Gasteiger partial charge in [-0.25, -0.2) is 8.42 Å². The number of nitrogens with two attached hydrogens (primary N) is 1. The van der Waals surface area contributed by atoms with E-state index in [1.807, 2.05) is 0 Å². The molecule has 0 amide bonds. The molecule has 1 aromatic rings. The Morgan fingerprint density at radius 2 is 2.08 bits per heavy atom. The fourth-order valence-electron chi connectivity index (χ4n) is 0.876. The molecule has 0 saturated heterocycles. The van der Waals surface area contributed by atoms with Crippen molar-refractivity contribution in [2.75, 3.05) is 5.73 Å². The number of para-hydroxylation sites is 1. The Morgan fingerprint density at radius 1 is 1.46 bits per heavy atom. The smallest absolute Gasteiger partial charge is 0.263 e. The van der Waals surface area contributed by atoms with Gasteiger partial charge in [-0.05, 0) is 6.07 Å². The van der Waals surface area contributed by atoms with Crippen LogP contribution in [0.4, 0.5) is 5.69 Å². The molecule has 13 heavy (non-hydrogen) atoms. The van der Waals surface area contributed by atoms with Crippen LogP contribution in [-0.2, 0) is 9.05 Å². The quantitative estimate of drug-likeness (QED) is 0.480. The number of hydrogen-bond donors (Lipinski definition) is 1. The maximum atomic E-state index is 11.0. The SMILES string of the molecule is Nc1c(C=S)cccc1S(=O)(=O)Cl. The van der Waals surface area contributed by atoms with Gasteiger partial charge in [0.05, 0.1) is 5.69 Å². The Kier molecular flexibility index (Phi) is 2.90. The Bertz CT molecular complexity index is 442. The molecule has 3 nitrogen and oxygen atoms in total. The van der Waals surface area contributed by atoms with Crippen LogP contribution in [0.25, 0.3) is 0 Å². The van der Waals surface area contributed by atoms with Crippen LogP contribution in [-0.4, -0.2) is 13.8 Å². The molecule has 0 bridgehead atoms. The van der Waals surface area contributed by atoms with Crippen molar-refractivity contribution in [3.05, 3.63) is 23.8 Å². The molecule has 1 rings (SSSR count). The Hall–Kier alpha value is -0.650. The summed E-state index contributed by atoms with van der Waals surface area (Å²) in [6.45, 7) is 0. The van der Waals surface area contributed by atoms with Crippen molar-refractivity contribution in [2.24, 2.45) is 0 Å². The number of thiocarbonyl (C=S) groups is 1. The van der Waals surface area contributed by atoms with Crippen LogP contribution in [0, 0.1) is 0 Å². The highest BCUT2D eigenvalue weighted by atomic mass is 35.7. The molecule has 0 unspecified atom stereocenters. The highest BCUT2D eigenvalue weighted by Gasteiger charge is 2.14. The van der Waals surface area contributed by atoms with Crippen LogP contribution in [0.1, 0.15) is 5.56 Å². The lowest BCUT2D eigenvalue weighted by Gasteiger charge is -2.03. The van der Waals surface area contributed by atoms with E-state index < -0.39 is 9.05 Å². The summed E-state index contributed by atoms with van der Waals surface area (Å²) in [5.74, 6) is 0. The van der Waals surface area contributed by atoms with Crippen LogP contribution in [0.2, 0.25) is 0 Å². The summed E-state index contributed by atoms with van der Waals surface area (Å²) in [4.78, 5) is -0.104. The first kappa shape index (κ1) is 10.4. The first-order valence-electron chi connectivity index (χ1n) is 3.25. The fraction of sp³-hybridized carbons (Fsp3) is 0. The van der Waals surface area contributed by atoms with Gasteiger partial charge in [-0.2, -0.15) is 0 Å². The van der Waals surface area contributed by atoms with E-state index >= 15 is 0 Å². The minimum absolute atomic E-state index is 0.0903. The number of rotatable bonds is 2. The molecule has 0 aliphatic carbocycles. The van der Waals surface area contributed by atoms with Crippen LogP contribution in [0.3, 0.4) is 0 Å². The molecule has 6 heteroatoms. The van der Waals surface area contributed by atoms with Gasteiger partial charge in [0.1, 0.15) is 4.90 Å². The molecule has 1 aromatic carbocycles. The van der Waals surface area contributed by atoms with Gasteiger partial charge in [-0.3, -0.25) is 0 Å². The van der Waals surface area contributed by atoms with Gasteiger partial charge in [0.2, 0.25) is 0 Å².